The van der Waals surface area contributed by atoms with Crippen molar-refractivity contribution >= 4 is 38.1 Å². The quantitative estimate of drug-likeness (QED) is 0.775. The Bertz CT molecular complexity index is 578. The Balaban J connectivity index is 2.65. The third-order valence-electron chi connectivity index (χ3n) is 2.50. The number of carbonyl (C=O) groups is 1. The molecule has 1 rings (SSSR count). The van der Waals surface area contributed by atoms with Crippen molar-refractivity contribution in [2.24, 2.45) is 0 Å². The Morgan fingerprint density at radius 3 is 2.68 bits per heavy atom. The van der Waals surface area contributed by atoms with Gasteiger partial charge in [-0.25, -0.2) is 17.9 Å². The van der Waals surface area contributed by atoms with Crippen molar-refractivity contribution < 1.29 is 22.5 Å². The van der Waals surface area contributed by atoms with Crippen LogP contribution in [0.4, 0.5) is 0 Å². The molecule has 108 valence electrons. The summed E-state index contributed by atoms with van der Waals surface area (Å²) in [6, 6.07) is 1.12. The number of rotatable bonds is 7. The predicted octanol–water partition coefficient (Wildman–Crippen LogP) is 0.882. The second kappa shape index (κ2) is 6.60. The monoisotopic (exact) mass is 325 g/mol. The summed E-state index contributed by atoms with van der Waals surface area (Å²) in [4.78, 5) is 10.7. The van der Waals surface area contributed by atoms with Crippen LogP contribution in [0.2, 0.25) is 0 Å². The summed E-state index contributed by atoms with van der Waals surface area (Å²) in [5.74, 6) is -1.16. The first-order valence-electron chi connectivity index (χ1n) is 5.37. The highest BCUT2D eigenvalue weighted by atomic mass is 32.2. The van der Waals surface area contributed by atoms with E-state index in [1.807, 2.05) is 0 Å². The molecule has 9 heteroatoms. The van der Waals surface area contributed by atoms with Crippen LogP contribution in [0.5, 0.6) is 0 Å². The molecule has 1 aromatic rings. The third-order valence-corrected chi connectivity index (χ3v) is 6.77. The molecule has 0 aliphatic heterocycles. The van der Waals surface area contributed by atoms with E-state index in [0.717, 1.165) is 17.4 Å². The van der Waals surface area contributed by atoms with Crippen molar-refractivity contribution in [2.45, 2.75) is 22.8 Å². The van der Waals surface area contributed by atoms with Gasteiger partial charge in [0.15, 0.2) is 0 Å². The maximum atomic E-state index is 11.8. The molecule has 0 aliphatic rings. The molecule has 0 aliphatic carbocycles. The standard InChI is InChI=1S/C10H15NO5S3/c1-7(18(2)14)3-4-11-19(15,16)9-5-8(6-17-9)10(12)13/h5-7,11H,3-4H2,1-2H3,(H,12,13). The molecule has 0 spiro atoms. The Morgan fingerprint density at radius 2 is 2.21 bits per heavy atom. The minimum absolute atomic E-state index is 0.0322. The molecule has 6 nitrogen and oxygen atoms in total. The van der Waals surface area contributed by atoms with Crippen LogP contribution in [0.15, 0.2) is 15.7 Å². The second-order valence-electron chi connectivity index (χ2n) is 3.96. The molecule has 1 heterocycles. The highest BCUT2D eigenvalue weighted by Gasteiger charge is 2.19. The van der Waals surface area contributed by atoms with Gasteiger partial charge in [-0.15, -0.1) is 11.3 Å². The number of aromatic carboxylic acids is 1. The van der Waals surface area contributed by atoms with Gasteiger partial charge < -0.3 is 5.11 Å². The Morgan fingerprint density at radius 1 is 1.58 bits per heavy atom. The molecule has 19 heavy (non-hydrogen) atoms. The van der Waals surface area contributed by atoms with E-state index in [0.29, 0.717) is 6.42 Å². The highest BCUT2D eigenvalue weighted by Crippen LogP contribution is 2.20. The summed E-state index contributed by atoms with van der Waals surface area (Å²) < 4.78 is 37.2. The molecule has 2 N–H and O–H groups in total. The molecule has 0 radical (unpaired) electrons. The molecular weight excluding hydrogens is 310 g/mol. The number of carboxylic acid groups (broad SMARTS) is 1. The smallest absolute Gasteiger partial charge is 0.336 e. The van der Waals surface area contributed by atoms with Crippen LogP contribution in [0, 0.1) is 0 Å². The number of hydrogen-bond donors (Lipinski definition) is 2. The zero-order chi connectivity index (χ0) is 14.6. The molecule has 1 aromatic heterocycles. The van der Waals surface area contributed by atoms with Gasteiger partial charge in [-0.1, -0.05) is 6.92 Å². The highest BCUT2D eigenvalue weighted by molar-refractivity contribution is 7.91. The summed E-state index contributed by atoms with van der Waals surface area (Å²) in [5, 5.41) is 9.91. The van der Waals surface area contributed by atoms with E-state index in [1.165, 1.54) is 5.38 Å². The predicted molar refractivity (Wildman–Crippen MR) is 74.6 cm³/mol. The van der Waals surface area contributed by atoms with Crippen molar-refractivity contribution in [3.63, 3.8) is 0 Å². The van der Waals surface area contributed by atoms with Gasteiger partial charge >= 0.3 is 5.97 Å². The minimum atomic E-state index is -3.69. The average Bonchev–Trinajstić information content (AvgIpc) is 2.78. The van der Waals surface area contributed by atoms with Crippen molar-refractivity contribution in [1.82, 2.24) is 4.72 Å². The molecule has 0 fully saturated rings. The summed E-state index contributed by atoms with van der Waals surface area (Å²) in [6.07, 6.45) is 2.02. The Kier molecular flexibility index (Phi) is 5.65. The number of hydrogen-bond acceptors (Lipinski definition) is 5. The lowest BCUT2D eigenvalue weighted by Gasteiger charge is -2.08. The molecule has 0 saturated heterocycles. The average molecular weight is 325 g/mol. The number of nitrogens with one attached hydrogen (secondary N) is 1. The fourth-order valence-corrected chi connectivity index (χ4v) is 3.90. The number of carboxylic acids is 1. The maximum absolute atomic E-state index is 11.8. The minimum Gasteiger partial charge on any atom is -0.478 e. The van der Waals surface area contributed by atoms with Gasteiger partial charge in [-0.3, -0.25) is 4.21 Å². The van der Waals surface area contributed by atoms with E-state index in [4.69, 9.17) is 5.11 Å². The lowest BCUT2D eigenvalue weighted by molar-refractivity contribution is 0.0697. The summed E-state index contributed by atoms with van der Waals surface area (Å²) in [6.45, 7) is 1.95. The molecular formula is C10H15NO5S3. The maximum Gasteiger partial charge on any atom is 0.336 e. The summed E-state index contributed by atoms with van der Waals surface area (Å²) in [7, 11) is -4.68. The molecule has 2 atom stereocenters. The SMILES string of the molecule is CC(CCNS(=O)(=O)c1cc(C(=O)O)cs1)S(C)=O. The fraction of sp³-hybridized carbons (Fsp3) is 0.500. The second-order valence-corrected chi connectivity index (χ2v) is 8.66. The van der Waals surface area contributed by atoms with E-state index in [9.17, 15) is 17.4 Å². The first-order valence-corrected chi connectivity index (χ1v) is 9.36. The zero-order valence-electron chi connectivity index (χ0n) is 10.5. The lowest BCUT2D eigenvalue weighted by Crippen LogP contribution is -2.27. The van der Waals surface area contributed by atoms with Crippen LogP contribution < -0.4 is 4.72 Å². The van der Waals surface area contributed by atoms with Gasteiger partial charge in [0, 0.05) is 34.2 Å². The normalized spacial score (nSPS) is 15.1. The van der Waals surface area contributed by atoms with E-state index in [-0.39, 0.29) is 21.6 Å². The zero-order valence-corrected chi connectivity index (χ0v) is 12.9. The van der Waals surface area contributed by atoms with Crippen LogP contribution in [-0.2, 0) is 20.8 Å². The number of thiophene rings is 1. The van der Waals surface area contributed by atoms with Gasteiger partial charge in [-0.2, -0.15) is 0 Å². The van der Waals surface area contributed by atoms with Crippen molar-refractivity contribution in [3.05, 3.63) is 17.0 Å². The molecule has 0 saturated carbocycles. The molecule has 0 bridgehead atoms. The van der Waals surface area contributed by atoms with E-state index >= 15 is 0 Å². The Hall–Kier alpha value is -0.770. The van der Waals surface area contributed by atoms with Crippen LogP contribution >= 0.6 is 11.3 Å². The van der Waals surface area contributed by atoms with E-state index < -0.39 is 26.8 Å². The van der Waals surface area contributed by atoms with Gasteiger partial charge in [-0.05, 0) is 12.5 Å². The molecule has 0 amide bonds. The van der Waals surface area contributed by atoms with Gasteiger partial charge in [0.25, 0.3) is 0 Å². The van der Waals surface area contributed by atoms with Crippen LogP contribution in [0.25, 0.3) is 0 Å². The first-order chi connectivity index (χ1) is 8.74. The largest absolute Gasteiger partial charge is 0.478 e. The van der Waals surface area contributed by atoms with Crippen LogP contribution in [0.1, 0.15) is 23.7 Å². The lowest BCUT2D eigenvalue weighted by atomic mass is 10.3. The van der Waals surface area contributed by atoms with E-state index in [2.05, 4.69) is 4.72 Å². The molecule has 2 unspecified atom stereocenters. The molecule has 0 aromatic carbocycles. The first kappa shape index (κ1) is 16.3. The van der Waals surface area contributed by atoms with Gasteiger partial charge in [0.1, 0.15) is 4.21 Å². The van der Waals surface area contributed by atoms with Crippen molar-refractivity contribution in [2.75, 3.05) is 12.8 Å². The van der Waals surface area contributed by atoms with Crippen LogP contribution in [-0.4, -0.2) is 41.8 Å². The number of sulfonamides is 1. The van der Waals surface area contributed by atoms with Crippen molar-refractivity contribution in [1.29, 1.82) is 0 Å². The fourth-order valence-electron chi connectivity index (χ4n) is 1.20. The van der Waals surface area contributed by atoms with Gasteiger partial charge in [0.2, 0.25) is 10.0 Å². The van der Waals surface area contributed by atoms with E-state index in [1.54, 1.807) is 13.2 Å². The van der Waals surface area contributed by atoms with Crippen molar-refractivity contribution in [3.8, 4) is 0 Å². The van der Waals surface area contributed by atoms with Crippen LogP contribution in [0.3, 0.4) is 0 Å². The summed E-state index contributed by atoms with van der Waals surface area (Å²) >= 11 is 0.859. The topological polar surface area (TPSA) is 101 Å². The Labute approximate surface area is 118 Å². The third kappa shape index (κ3) is 4.68. The van der Waals surface area contributed by atoms with Gasteiger partial charge in [0.05, 0.1) is 5.56 Å². The summed E-state index contributed by atoms with van der Waals surface area (Å²) in [5.41, 5.74) is -0.0478.